The molecule has 0 atom stereocenters. The predicted molar refractivity (Wildman–Crippen MR) is 72.0 cm³/mol. The topological polar surface area (TPSA) is 44.1 Å². The van der Waals surface area contributed by atoms with Crippen molar-refractivity contribution in [2.24, 2.45) is 7.05 Å². The summed E-state index contributed by atoms with van der Waals surface area (Å²) in [7, 11) is 1.85. The van der Waals surface area contributed by atoms with Crippen molar-refractivity contribution in [2.75, 3.05) is 6.61 Å². The minimum Gasteiger partial charge on any atom is -0.462 e. The van der Waals surface area contributed by atoms with Gasteiger partial charge in [0.15, 0.2) is 0 Å². The Morgan fingerprint density at radius 2 is 2.44 bits per heavy atom. The van der Waals surface area contributed by atoms with E-state index in [1.54, 1.807) is 35.2 Å². The molecule has 94 valence electrons. The molecule has 0 saturated carbocycles. The van der Waals surface area contributed by atoms with Crippen LogP contribution in [-0.4, -0.2) is 22.1 Å². The lowest BCUT2D eigenvalue weighted by Gasteiger charge is -2.06. The molecule has 0 unspecified atom stereocenters. The van der Waals surface area contributed by atoms with Gasteiger partial charge in [0, 0.05) is 24.3 Å². The van der Waals surface area contributed by atoms with Crippen LogP contribution >= 0.6 is 11.3 Å². The molecule has 2 rings (SSSR count). The SMILES string of the molecule is CCOC(=O)/C(=C\c1cccs1)c1nccn1C. The van der Waals surface area contributed by atoms with E-state index >= 15 is 0 Å². The molecule has 0 N–H and O–H groups in total. The molecule has 18 heavy (non-hydrogen) atoms. The number of aryl methyl sites for hydroxylation is 1. The van der Waals surface area contributed by atoms with Crippen LogP contribution in [0.3, 0.4) is 0 Å². The highest BCUT2D eigenvalue weighted by Crippen LogP contribution is 2.20. The third-order valence-corrected chi connectivity index (χ3v) is 3.21. The summed E-state index contributed by atoms with van der Waals surface area (Å²) < 4.78 is 6.88. The first-order valence-corrected chi connectivity index (χ1v) is 6.50. The second kappa shape index (κ2) is 5.64. The van der Waals surface area contributed by atoms with Crippen molar-refractivity contribution in [3.63, 3.8) is 0 Å². The van der Waals surface area contributed by atoms with E-state index in [1.165, 1.54) is 0 Å². The van der Waals surface area contributed by atoms with E-state index in [2.05, 4.69) is 4.98 Å². The summed E-state index contributed by atoms with van der Waals surface area (Å²) in [5.74, 6) is 0.266. The number of nitrogens with zero attached hydrogens (tertiary/aromatic N) is 2. The number of thiophene rings is 1. The zero-order valence-electron chi connectivity index (χ0n) is 10.3. The van der Waals surface area contributed by atoms with Gasteiger partial charge in [0.2, 0.25) is 0 Å². The summed E-state index contributed by atoms with van der Waals surface area (Å²) in [6.45, 7) is 2.14. The normalized spacial score (nSPS) is 11.6. The maximum absolute atomic E-state index is 12.0. The van der Waals surface area contributed by atoms with E-state index in [-0.39, 0.29) is 5.97 Å². The number of carbonyl (C=O) groups excluding carboxylic acids is 1. The van der Waals surface area contributed by atoms with E-state index in [0.29, 0.717) is 18.0 Å². The molecule has 0 aliphatic rings. The van der Waals surface area contributed by atoms with Gasteiger partial charge in [-0.05, 0) is 24.4 Å². The lowest BCUT2D eigenvalue weighted by atomic mass is 10.2. The zero-order chi connectivity index (χ0) is 13.0. The minimum atomic E-state index is -0.347. The quantitative estimate of drug-likeness (QED) is 0.628. The highest BCUT2D eigenvalue weighted by Gasteiger charge is 2.17. The molecule has 0 aliphatic heterocycles. The second-order valence-electron chi connectivity index (χ2n) is 3.66. The van der Waals surface area contributed by atoms with Crippen LogP contribution in [0.15, 0.2) is 29.9 Å². The Hall–Kier alpha value is -1.88. The Balaban J connectivity index is 2.41. The largest absolute Gasteiger partial charge is 0.462 e. The molecule has 0 amide bonds. The molecule has 0 bridgehead atoms. The Bertz CT molecular complexity index is 555. The summed E-state index contributed by atoms with van der Waals surface area (Å²) in [4.78, 5) is 17.2. The zero-order valence-corrected chi connectivity index (χ0v) is 11.1. The van der Waals surface area contributed by atoms with Gasteiger partial charge in [-0.25, -0.2) is 9.78 Å². The Morgan fingerprint density at radius 1 is 1.61 bits per heavy atom. The van der Waals surface area contributed by atoms with Crippen molar-refractivity contribution in [3.05, 3.63) is 40.6 Å². The van der Waals surface area contributed by atoms with E-state index < -0.39 is 0 Å². The van der Waals surface area contributed by atoms with Gasteiger partial charge in [0.1, 0.15) is 11.4 Å². The number of aromatic nitrogens is 2. The van der Waals surface area contributed by atoms with Crippen LogP contribution < -0.4 is 0 Å². The number of esters is 1. The summed E-state index contributed by atoms with van der Waals surface area (Å²) in [5.41, 5.74) is 0.479. The first-order chi connectivity index (χ1) is 8.72. The maximum Gasteiger partial charge on any atom is 0.341 e. The number of carbonyl (C=O) groups is 1. The molecule has 0 radical (unpaired) electrons. The van der Waals surface area contributed by atoms with Crippen molar-refractivity contribution in [3.8, 4) is 0 Å². The monoisotopic (exact) mass is 262 g/mol. The number of rotatable bonds is 4. The van der Waals surface area contributed by atoms with Gasteiger partial charge in [0.25, 0.3) is 0 Å². The van der Waals surface area contributed by atoms with Crippen LogP contribution in [-0.2, 0) is 16.6 Å². The fourth-order valence-electron chi connectivity index (χ4n) is 1.56. The minimum absolute atomic E-state index is 0.347. The molecular weight excluding hydrogens is 248 g/mol. The fraction of sp³-hybridized carbons (Fsp3) is 0.231. The van der Waals surface area contributed by atoms with Crippen LogP contribution in [0.25, 0.3) is 11.6 Å². The Morgan fingerprint density at radius 3 is 3.00 bits per heavy atom. The molecule has 0 saturated heterocycles. The predicted octanol–water partition coefficient (Wildman–Crippen LogP) is 2.59. The van der Waals surface area contributed by atoms with Crippen LogP contribution in [0, 0.1) is 0 Å². The molecule has 2 aromatic heterocycles. The van der Waals surface area contributed by atoms with E-state index in [4.69, 9.17) is 4.74 Å². The summed E-state index contributed by atoms with van der Waals surface area (Å²) in [5, 5.41) is 1.97. The van der Waals surface area contributed by atoms with Gasteiger partial charge < -0.3 is 9.30 Å². The number of hydrogen-bond donors (Lipinski definition) is 0. The van der Waals surface area contributed by atoms with Crippen molar-refractivity contribution < 1.29 is 9.53 Å². The third kappa shape index (κ3) is 2.68. The average Bonchev–Trinajstić information content (AvgIpc) is 2.97. The molecular formula is C13H14N2O2S. The molecule has 5 heteroatoms. The summed E-state index contributed by atoms with van der Waals surface area (Å²) >= 11 is 1.57. The highest BCUT2D eigenvalue weighted by atomic mass is 32.1. The van der Waals surface area contributed by atoms with Gasteiger partial charge >= 0.3 is 5.97 Å². The number of ether oxygens (including phenoxy) is 1. The van der Waals surface area contributed by atoms with Crippen LogP contribution in [0.4, 0.5) is 0 Å². The first kappa shape index (κ1) is 12.6. The van der Waals surface area contributed by atoms with Crippen molar-refractivity contribution in [1.82, 2.24) is 9.55 Å². The summed E-state index contributed by atoms with van der Waals surface area (Å²) in [6, 6.07) is 3.89. The van der Waals surface area contributed by atoms with Crippen LogP contribution in [0.5, 0.6) is 0 Å². The lowest BCUT2D eigenvalue weighted by molar-refractivity contribution is -0.136. The molecule has 2 heterocycles. The van der Waals surface area contributed by atoms with E-state index in [0.717, 1.165) is 4.88 Å². The smallest absolute Gasteiger partial charge is 0.341 e. The van der Waals surface area contributed by atoms with Gasteiger partial charge in [-0.15, -0.1) is 11.3 Å². The standard InChI is InChI=1S/C13H14N2O2S/c1-3-17-13(16)11(9-10-5-4-8-18-10)12-14-6-7-15(12)2/h4-9H,3H2,1-2H3/b11-9-. The average molecular weight is 262 g/mol. The van der Waals surface area contributed by atoms with Gasteiger partial charge in [-0.1, -0.05) is 6.07 Å². The van der Waals surface area contributed by atoms with Crippen molar-refractivity contribution in [1.29, 1.82) is 0 Å². The third-order valence-electron chi connectivity index (χ3n) is 2.39. The molecule has 0 aromatic carbocycles. The Labute approximate surface area is 110 Å². The van der Waals surface area contributed by atoms with Crippen LogP contribution in [0.1, 0.15) is 17.6 Å². The molecule has 0 aliphatic carbocycles. The Kier molecular flexibility index (Phi) is 3.94. The number of hydrogen-bond acceptors (Lipinski definition) is 4. The van der Waals surface area contributed by atoms with Gasteiger partial charge in [0.05, 0.1) is 6.61 Å². The van der Waals surface area contributed by atoms with Gasteiger partial charge in [-0.2, -0.15) is 0 Å². The fourth-order valence-corrected chi connectivity index (χ4v) is 2.22. The first-order valence-electron chi connectivity index (χ1n) is 5.62. The molecule has 0 spiro atoms. The highest BCUT2D eigenvalue weighted by molar-refractivity contribution is 7.10. The lowest BCUT2D eigenvalue weighted by Crippen LogP contribution is -2.10. The molecule has 4 nitrogen and oxygen atoms in total. The van der Waals surface area contributed by atoms with Crippen LogP contribution in [0.2, 0.25) is 0 Å². The number of imidazole rings is 1. The maximum atomic E-state index is 12.0. The molecule has 2 aromatic rings. The summed E-state index contributed by atoms with van der Waals surface area (Å²) in [6.07, 6.45) is 5.28. The van der Waals surface area contributed by atoms with Gasteiger partial charge in [-0.3, -0.25) is 0 Å². The van der Waals surface area contributed by atoms with Crippen molar-refractivity contribution >= 4 is 29.0 Å². The second-order valence-corrected chi connectivity index (χ2v) is 4.63. The van der Waals surface area contributed by atoms with Crippen molar-refractivity contribution in [2.45, 2.75) is 6.92 Å². The van der Waals surface area contributed by atoms with E-state index in [9.17, 15) is 4.79 Å². The van der Waals surface area contributed by atoms with E-state index in [1.807, 2.05) is 30.6 Å². The molecule has 0 fully saturated rings.